The molecule has 0 atom stereocenters. The second-order valence-electron chi connectivity index (χ2n) is 2.59. The van der Waals surface area contributed by atoms with E-state index < -0.39 is 0 Å². The van der Waals surface area contributed by atoms with Gasteiger partial charge in [-0.3, -0.25) is 0 Å². The number of aliphatic imine (C=N–C) groups is 1. The molecule has 3 heteroatoms. The van der Waals surface area contributed by atoms with Gasteiger partial charge in [0.2, 0.25) is 0 Å². The Labute approximate surface area is 77.1 Å². The van der Waals surface area contributed by atoms with Gasteiger partial charge in [-0.2, -0.15) is 0 Å². The van der Waals surface area contributed by atoms with Crippen LogP contribution in [0.15, 0.2) is 17.1 Å². The minimum atomic E-state index is 0.767. The molecule has 0 heterocycles. The minimum Gasteiger partial charge on any atom is -0.390 e. The van der Waals surface area contributed by atoms with Gasteiger partial charge in [-0.05, 0) is 37.1 Å². The van der Waals surface area contributed by atoms with Crippen molar-refractivity contribution in [3.63, 3.8) is 0 Å². The SMILES string of the molecule is Cc1c(Cl)ccc(N=CN)c1C. The van der Waals surface area contributed by atoms with Crippen LogP contribution in [0.2, 0.25) is 5.02 Å². The third-order valence-corrected chi connectivity index (χ3v) is 2.32. The fourth-order valence-corrected chi connectivity index (χ4v) is 1.20. The standard InChI is InChI=1S/C9H11ClN2/c1-6-7(2)9(12-5-11)4-3-8(6)10/h3-5H,1-2H3,(H2,11,12). The van der Waals surface area contributed by atoms with Crippen LogP contribution < -0.4 is 5.73 Å². The molecule has 1 rings (SSSR count). The van der Waals surface area contributed by atoms with E-state index in [4.69, 9.17) is 17.3 Å². The summed E-state index contributed by atoms with van der Waals surface area (Å²) in [6.45, 7) is 3.94. The minimum absolute atomic E-state index is 0.767. The van der Waals surface area contributed by atoms with E-state index in [1.165, 1.54) is 6.34 Å². The highest BCUT2D eigenvalue weighted by Gasteiger charge is 2.02. The van der Waals surface area contributed by atoms with E-state index in [0.717, 1.165) is 21.8 Å². The number of hydrogen-bond acceptors (Lipinski definition) is 1. The Hall–Kier alpha value is -1.02. The van der Waals surface area contributed by atoms with Crippen LogP contribution in [0.4, 0.5) is 5.69 Å². The predicted molar refractivity (Wildman–Crippen MR) is 53.3 cm³/mol. The van der Waals surface area contributed by atoms with Crippen LogP contribution in [0.5, 0.6) is 0 Å². The summed E-state index contributed by atoms with van der Waals surface area (Å²) in [6, 6.07) is 3.68. The van der Waals surface area contributed by atoms with Crippen molar-refractivity contribution in [1.29, 1.82) is 0 Å². The number of nitrogens with two attached hydrogens (primary N) is 1. The van der Waals surface area contributed by atoms with Crippen molar-refractivity contribution in [2.75, 3.05) is 0 Å². The molecule has 0 amide bonds. The zero-order valence-electron chi connectivity index (χ0n) is 7.13. The molecule has 0 aliphatic heterocycles. The number of rotatable bonds is 1. The van der Waals surface area contributed by atoms with Gasteiger partial charge in [-0.25, -0.2) is 4.99 Å². The Bertz CT molecular complexity index is 319. The first-order valence-corrected chi connectivity index (χ1v) is 4.04. The van der Waals surface area contributed by atoms with E-state index >= 15 is 0 Å². The quantitative estimate of drug-likeness (QED) is 0.526. The van der Waals surface area contributed by atoms with Crippen LogP contribution in [-0.4, -0.2) is 6.34 Å². The Morgan fingerprint density at radius 1 is 1.33 bits per heavy atom. The first-order chi connectivity index (χ1) is 5.66. The molecule has 1 aromatic carbocycles. The topological polar surface area (TPSA) is 38.4 Å². The first-order valence-electron chi connectivity index (χ1n) is 3.66. The second kappa shape index (κ2) is 3.59. The highest BCUT2D eigenvalue weighted by atomic mass is 35.5. The molecule has 0 spiro atoms. The molecule has 0 aromatic heterocycles. The van der Waals surface area contributed by atoms with Crippen molar-refractivity contribution < 1.29 is 0 Å². The van der Waals surface area contributed by atoms with Gasteiger partial charge in [0, 0.05) is 5.02 Å². The van der Waals surface area contributed by atoms with Gasteiger partial charge in [-0.1, -0.05) is 11.6 Å². The van der Waals surface area contributed by atoms with E-state index in [1.54, 1.807) is 0 Å². The Morgan fingerprint density at radius 2 is 2.00 bits per heavy atom. The summed E-state index contributed by atoms with van der Waals surface area (Å²) in [5.41, 5.74) is 8.20. The average molecular weight is 183 g/mol. The van der Waals surface area contributed by atoms with Crippen molar-refractivity contribution in [1.82, 2.24) is 0 Å². The normalized spacial score (nSPS) is 10.9. The molecular weight excluding hydrogens is 172 g/mol. The Balaban J connectivity index is 3.26. The van der Waals surface area contributed by atoms with E-state index in [-0.39, 0.29) is 0 Å². The van der Waals surface area contributed by atoms with Crippen molar-refractivity contribution in [3.8, 4) is 0 Å². The molecule has 0 bridgehead atoms. The maximum absolute atomic E-state index is 5.90. The van der Waals surface area contributed by atoms with Gasteiger partial charge in [0.05, 0.1) is 12.0 Å². The summed E-state index contributed by atoms with van der Waals surface area (Å²) in [7, 11) is 0. The predicted octanol–water partition coefficient (Wildman–Crippen LogP) is 2.58. The highest BCUT2D eigenvalue weighted by molar-refractivity contribution is 6.31. The molecule has 0 unspecified atom stereocenters. The van der Waals surface area contributed by atoms with Crippen LogP contribution in [0.3, 0.4) is 0 Å². The van der Waals surface area contributed by atoms with E-state index in [1.807, 2.05) is 26.0 Å². The van der Waals surface area contributed by atoms with Crippen LogP contribution in [0, 0.1) is 13.8 Å². The number of halogens is 1. The monoisotopic (exact) mass is 182 g/mol. The smallest absolute Gasteiger partial charge is 0.0860 e. The van der Waals surface area contributed by atoms with Crippen LogP contribution in [-0.2, 0) is 0 Å². The molecule has 0 aliphatic carbocycles. The molecule has 2 nitrogen and oxygen atoms in total. The summed E-state index contributed by atoms with van der Waals surface area (Å²) >= 11 is 5.90. The highest BCUT2D eigenvalue weighted by Crippen LogP contribution is 2.26. The molecule has 0 aliphatic rings. The summed E-state index contributed by atoms with van der Waals surface area (Å²) in [4.78, 5) is 4.00. The van der Waals surface area contributed by atoms with Gasteiger partial charge in [0.1, 0.15) is 0 Å². The molecule has 2 N–H and O–H groups in total. The third-order valence-electron chi connectivity index (χ3n) is 1.91. The number of benzene rings is 1. The van der Waals surface area contributed by atoms with Crippen molar-refractivity contribution in [3.05, 3.63) is 28.3 Å². The van der Waals surface area contributed by atoms with Gasteiger partial charge < -0.3 is 5.73 Å². The Morgan fingerprint density at radius 3 is 2.58 bits per heavy atom. The lowest BCUT2D eigenvalue weighted by Crippen LogP contribution is -1.89. The number of nitrogens with zero attached hydrogens (tertiary/aromatic N) is 1. The van der Waals surface area contributed by atoms with Gasteiger partial charge >= 0.3 is 0 Å². The number of hydrogen-bond donors (Lipinski definition) is 1. The summed E-state index contributed by atoms with van der Waals surface area (Å²) < 4.78 is 0. The fraction of sp³-hybridized carbons (Fsp3) is 0.222. The van der Waals surface area contributed by atoms with Crippen LogP contribution in [0.25, 0.3) is 0 Å². The maximum Gasteiger partial charge on any atom is 0.0860 e. The van der Waals surface area contributed by atoms with Crippen molar-refractivity contribution in [2.45, 2.75) is 13.8 Å². The molecule has 0 saturated carbocycles. The maximum atomic E-state index is 5.90. The van der Waals surface area contributed by atoms with Crippen molar-refractivity contribution in [2.24, 2.45) is 10.7 Å². The zero-order chi connectivity index (χ0) is 9.14. The largest absolute Gasteiger partial charge is 0.390 e. The van der Waals surface area contributed by atoms with Gasteiger partial charge in [0.15, 0.2) is 0 Å². The van der Waals surface area contributed by atoms with Crippen LogP contribution in [0.1, 0.15) is 11.1 Å². The fourth-order valence-electron chi connectivity index (χ4n) is 0.993. The molecule has 0 fully saturated rings. The van der Waals surface area contributed by atoms with Gasteiger partial charge in [0.25, 0.3) is 0 Å². The van der Waals surface area contributed by atoms with E-state index in [0.29, 0.717) is 0 Å². The second-order valence-corrected chi connectivity index (χ2v) is 3.00. The molecule has 12 heavy (non-hydrogen) atoms. The lowest BCUT2D eigenvalue weighted by molar-refractivity contribution is 1.31. The van der Waals surface area contributed by atoms with E-state index in [2.05, 4.69) is 4.99 Å². The molecule has 1 aromatic rings. The first kappa shape index (κ1) is 9.07. The molecule has 64 valence electrons. The third kappa shape index (κ3) is 1.59. The van der Waals surface area contributed by atoms with E-state index in [9.17, 15) is 0 Å². The van der Waals surface area contributed by atoms with Crippen LogP contribution >= 0.6 is 11.6 Å². The average Bonchev–Trinajstić information content (AvgIpc) is 2.07. The lowest BCUT2D eigenvalue weighted by Gasteiger charge is -2.04. The molecule has 0 saturated heterocycles. The summed E-state index contributed by atoms with van der Waals surface area (Å²) in [6.07, 6.45) is 1.29. The van der Waals surface area contributed by atoms with Gasteiger partial charge in [-0.15, -0.1) is 0 Å². The summed E-state index contributed by atoms with van der Waals surface area (Å²) in [5.74, 6) is 0. The molecular formula is C9H11ClN2. The lowest BCUT2D eigenvalue weighted by atomic mass is 10.1. The zero-order valence-corrected chi connectivity index (χ0v) is 7.89. The Kier molecular flexibility index (Phi) is 2.71. The summed E-state index contributed by atoms with van der Waals surface area (Å²) in [5, 5.41) is 0.767. The molecule has 0 radical (unpaired) electrons. The van der Waals surface area contributed by atoms with Crippen molar-refractivity contribution >= 4 is 23.6 Å².